The fourth-order valence-corrected chi connectivity index (χ4v) is 2.21. The summed E-state index contributed by atoms with van der Waals surface area (Å²) in [7, 11) is 0. The lowest BCUT2D eigenvalue weighted by Crippen LogP contribution is -2.16. The Hall–Kier alpha value is -1.20. The number of hydrogen-bond acceptors (Lipinski definition) is 5. The molecule has 0 aromatic carbocycles. The molecule has 84 valence electrons. The summed E-state index contributed by atoms with van der Waals surface area (Å²) in [5, 5.41) is 9.37. The van der Waals surface area contributed by atoms with Gasteiger partial charge in [-0.15, -0.1) is 11.3 Å². The normalized spacial score (nSPS) is 15.5. The molecule has 2 aromatic heterocycles. The molecule has 2 heterocycles. The van der Waals surface area contributed by atoms with Crippen LogP contribution in [-0.4, -0.2) is 16.2 Å². The zero-order chi connectivity index (χ0) is 10.8. The summed E-state index contributed by atoms with van der Waals surface area (Å²) in [6.45, 7) is 0.721. The minimum atomic E-state index is 0.680. The van der Waals surface area contributed by atoms with Crippen LogP contribution in [0.1, 0.15) is 29.4 Å². The second-order valence-electron chi connectivity index (χ2n) is 4.02. The van der Waals surface area contributed by atoms with Crippen molar-refractivity contribution in [1.82, 2.24) is 15.5 Å². The van der Waals surface area contributed by atoms with Crippen molar-refractivity contribution in [3.63, 3.8) is 0 Å². The van der Waals surface area contributed by atoms with Gasteiger partial charge in [-0.1, -0.05) is 11.2 Å². The number of thiophene rings is 1. The van der Waals surface area contributed by atoms with Gasteiger partial charge in [-0.2, -0.15) is 4.98 Å². The Kier molecular flexibility index (Phi) is 2.71. The van der Waals surface area contributed by atoms with Gasteiger partial charge < -0.3 is 9.84 Å². The van der Waals surface area contributed by atoms with Gasteiger partial charge in [0.25, 0.3) is 0 Å². The third-order valence-corrected chi connectivity index (χ3v) is 3.42. The monoisotopic (exact) mass is 235 g/mol. The standard InChI is InChI=1S/C11H13N3OS/c1-2-9(16-5-1)6-11-13-10(14-15-11)7-12-8-3-4-8/h1-2,5,8,12H,3-4,6-7H2. The number of nitrogens with one attached hydrogen (secondary N) is 1. The summed E-state index contributed by atoms with van der Waals surface area (Å²) in [5.41, 5.74) is 0. The third-order valence-electron chi connectivity index (χ3n) is 2.54. The van der Waals surface area contributed by atoms with Crippen molar-refractivity contribution in [2.24, 2.45) is 0 Å². The van der Waals surface area contributed by atoms with Crippen LogP contribution >= 0.6 is 11.3 Å². The number of nitrogens with zero attached hydrogens (tertiary/aromatic N) is 2. The van der Waals surface area contributed by atoms with Gasteiger partial charge in [-0.25, -0.2) is 0 Å². The lowest BCUT2D eigenvalue weighted by molar-refractivity contribution is 0.378. The molecule has 0 atom stereocenters. The molecule has 2 aromatic rings. The van der Waals surface area contributed by atoms with Gasteiger partial charge in [0.2, 0.25) is 5.89 Å². The Labute approximate surface area is 97.7 Å². The fourth-order valence-electron chi connectivity index (χ4n) is 1.52. The molecule has 0 unspecified atom stereocenters. The molecule has 0 radical (unpaired) electrons. The molecule has 16 heavy (non-hydrogen) atoms. The van der Waals surface area contributed by atoms with E-state index in [2.05, 4.69) is 26.9 Å². The summed E-state index contributed by atoms with van der Waals surface area (Å²) >= 11 is 1.71. The maximum absolute atomic E-state index is 5.20. The Morgan fingerprint density at radius 1 is 1.50 bits per heavy atom. The highest BCUT2D eigenvalue weighted by atomic mass is 32.1. The van der Waals surface area contributed by atoms with Crippen LogP contribution in [0.5, 0.6) is 0 Å². The lowest BCUT2D eigenvalue weighted by Gasteiger charge is -1.94. The van der Waals surface area contributed by atoms with Crippen LogP contribution in [0, 0.1) is 0 Å². The summed E-state index contributed by atoms with van der Waals surface area (Å²) in [5.74, 6) is 1.47. The second kappa shape index (κ2) is 4.35. The Balaban J connectivity index is 1.58. The second-order valence-corrected chi connectivity index (χ2v) is 5.05. The summed E-state index contributed by atoms with van der Waals surface area (Å²) in [4.78, 5) is 5.61. The van der Waals surface area contributed by atoms with Crippen LogP contribution in [-0.2, 0) is 13.0 Å². The van der Waals surface area contributed by atoms with Gasteiger partial charge in [-0.05, 0) is 24.3 Å². The molecule has 0 amide bonds. The summed E-state index contributed by atoms with van der Waals surface area (Å²) < 4.78 is 5.20. The lowest BCUT2D eigenvalue weighted by atomic mass is 10.3. The molecule has 3 rings (SSSR count). The van der Waals surface area contributed by atoms with E-state index >= 15 is 0 Å². The average Bonchev–Trinajstić information content (AvgIpc) is 2.78. The van der Waals surface area contributed by atoms with Gasteiger partial charge in [0.1, 0.15) is 0 Å². The van der Waals surface area contributed by atoms with E-state index < -0.39 is 0 Å². The molecule has 4 nitrogen and oxygen atoms in total. The zero-order valence-corrected chi connectivity index (χ0v) is 9.67. The first kappa shape index (κ1) is 9.99. The van der Waals surface area contributed by atoms with E-state index in [0.717, 1.165) is 18.8 Å². The Morgan fingerprint density at radius 3 is 3.19 bits per heavy atom. The van der Waals surface area contributed by atoms with E-state index in [1.807, 2.05) is 6.07 Å². The highest BCUT2D eigenvalue weighted by Gasteiger charge is 2.21. The summed E-state index contributed by atoms with van der Waals surface area (Å²) in [6.07, 6.45) is 3.30. The number of hydrogen-bond donors (Lipinski definition) is 1. The van der Waals surface area contributed by atoms with Gasteiger partial charge in [-0.3, -0.25) is 0 Å². The quantitative estimate of drug-likeness (QED) is 0.861. The van der Waals surface area contributed by atoms with Gasteiger partial charge >= 0.3 is 0 Å². The van der Waals surface area contributed by atoms with Crippen molar-refractivity contribution in [2.75, 3.05) is 0 Å². The minimum absolute atomic E-state index is 0.680. The highest BCUT2D eigenvalue weighted by Crippen LogP contribution is 2.19. The van der Waals surface area contributed by atoms with E-state index in [9.17, 15) is 0 Å². The molecule has 0 bridgehead atoms. The molecule has 1 aliphatic rings. The molecular weight excluding hydrogens is 222 g/mol. The highest BCUT2D eigenvalue weighted by molar-refractivity contribution is 7.09. The Morgan fingerprint density at radius 2 is 2.44 bits per heavy atom. The molecule has 1 aliphatic carbocycles. The van der Waals surface area contributed by atoms with Crippen LogP contribution in [0.2, 0.25) is 0 Å². The van der Waals surface area contributed by atoms with Crippen LogP contribution in [0.25, 0.3) is 0 Å². The smallest absolute Gasteiger partial charge is 0.231 e. The van der Waals surface area contributed by atoms with E-state index in [1.165, 1.54) is 17.7 Å². The molecule has 1 fully saturated rings. The first-order valence-electron chi connectivity index (χ1n) is 5.47. The van der Waals surface area contributed by atoms with Crippen molar-refractivity contribution in [3.05, 3.63) is 34.1 Å². The van der Waals surface area contributed by atoms with Gasteiger partial charge in [0.05, 0.1) is 13.0 Å². The molecular formula is C11H13N3OS. The van der Waals surface area contributed by atoms with Crippen LogP contribution in [0.15, 0.2) is 22.0 Å². The van der Waals surface area contributed by atoms with E-state index in [1.54, 1.807) is 11.3 Å². The van der Waals surface area contributed by atoms with Crippen LogP contribution in [0.3, 0.4) is 0 Å². The largest absolute Gasteiger partial charge is 0.339 e. The van der Waals surface area contributed by atoms with Crippen LogP contribution < -0.4 is 5.32 Å². The van der Waals surface area contributed by atoms with Crippen molar-refractivity contribution < 1.29 is 4.52 Å². The van der Waals surface area contributed by atoms with E-state index in [0.29, 0.717) is 11.9 Å². The van der Waals surface area contributed by atoms with Crippen molar-refractivity contribution in [3.8, 4) is 0 Å². The van der Waals surface area contributed by atoms with E-state index in [4.69, 9.17) is 4.52 Å². The molecule has 0 aliphatic heterocycles. The molecule has 0 spiro atoms. The first-order valence-corrected chi connectivity index (χ1v) is 6.35. The fraction of sp³-hybridized carbons (Fsp3) is 0.455. The SMILES string of the molecule is c1csc(Cc2nc(CNC3CC3)no2)c1. The van der Waals surface area contributed by atoms with E-state index in [-0.39, 0.29) is 0 Å². The molecule has 1 N–H and O–H groups in total. The predicted molar refractivity (Wildman–Crippen MR) is 61.3 cm³/mol. The van der Waals surface area contributed by atoms with Crippen LogP contribution in [0.4, 0.5) is 0 Å². The van der Waals surface area contributed by atoms with Crippen molar-refractivity contribution in [1.29, 1.82) is 0 Å². The molecule has 5 heteroatoms. The van der Waals surface area contributed by atoms with Gasteiger partial charge in [0.15, 0.2) is 5.82 Å². The Bertz CT molecular complexity index is 448. The topological polar surface area (TPSA) is 51.0 Å². The molecule has 0 saturated heterocycles. The summed E-state index contributed by atoms with van der Waals surface area (Å²) in [6, 6.07) is 4.79. The maximum Gasteiger partial charge on any atom is 0.231 e. The number of aromatic nitrogens is 2. The van der Waals surface area contributed by atoms with Crippen molar-refractivity contribution >= 4 is 11.3 Å². The average molecular weight is 235 g/mol. The zero-order valence-electron chi connectivity index (χ0n) is 8.85. The minimum Gasteiger partial charge on any atom is -0.339 e. The predicted octanol–water partition coefficient (Wildman–Crippen LogP) is 1.97. The third kappa shape index (κ3) is 2.48. The number of rotatable bonds is 5. The molecule has 1 saturated carbocycles. The van der Waals surface area contributed by atoms with Crippen molar-refractivity contribution in [2.45, 2.75) is 31.8 Å². The first-order chi connectivity index (χ1) is 7.90. The van der Waals surface area contributed by atoms with Gasteiger partial charge in [0, 0.05) is 10.9 Å². The maximum atomic E-state index is 5.20.